The second kappa shape index (κ2) is 8.50. The largest absolute Gasteiger partial charge is 0.383 e. The summed E-state index contributed by atoms with van der Waals surface area (Å²) in [5, 5.41) is 3.67. The molecule has 0 aliphatic carbocycles. The highest BCUT2D eigenvalue weighted by molar-refractivity contribution is 7.98. The Balaban J connectivity index is 1.96. The second-order valence-corrected chi connectivity index (χ2v) is 8.72. The summed E-state index contributed by atoms with van der Waals surface area (Å²) in [7, 11) is -1.65. The molecule has 136 valence electrons. The summed E-state index contributed by atoms with van der Waals surface area (Å²) in [5.41, 5.74) is 8.30. The average Bonchev–Trinajstić information content (AvgIpc) is 2.52. The van der Waals surface area contributed by atoms with E-state index in [9.17, 15) is 8.42 Å². The Labute approximate surface area is 153 Å². The molecule has 0 atom stereocenters. The molecule has 0 unspecified atom stereocenters. The Kier molecular flexibility index (Phi) is 6.63. The summed E-state index contributed by atoms with van der Waals surface area (Å²) >= 11 is 1.51. The number of thioether (sulfide) groups is 1. The molecule has 0 fully saturated rings. The van der Waals surface area contributed by atoms with Crippen molar-refractivity contribution >= 4 is 33.4 Å². The monoisotopic (exact) mass is 381 g/mol. The molecule has 0 amide bonds. The molecule has 2 rings (SSSR count). The highest BCUT2D eigenvalue weighted by Gasteiger charge is 2.10. The lowest BCUT2D eigenvalue weighted by Gasteiger charge is -2.14. The van der Waals surface area contributed by atoms with Gasteiger partial charge >= 0.3 is 0 Å². The van der Waals surface area contributed by atoms with E-state index in [1.165, 1.54) is 40.5 Å². The molecule has 25 heavy (non-hydrogen) atoms. The van der Waals surface area contributed by atoms with Crippen LogP contribution in [0.3, 0.4) is 0 Å². The smallest absolute Gasteiger partial charge is 0.211 e. The predicted octanol–water partition coefficient (Wildman–Crippen LogP) is 1.96. The first-order valence-electron chi connectivity index (χ1n) is 7.73. The van der Waals surface area contributed by atoms with Crippen LogP contribution in [0.5, 0.6) is 0 Å². The van der Waals surface area contributed by atoms with Gasteiger partial charge in [0.2, 0.25) is 10.0 Å². The number of nitrogens with one attached hydrogen (secondary N) is 1. The number of anilines is 2. The number of rotatable bonds is 8. The summed E-state index contributed by atoms with van der Waals surface area (Å²) in [6.45, 7) is 2.84. The van der Waals surface area contributed by atoms with Crippen molar-refractivity contribution < 1.29 is 8.42 Å². The van der Waals surface area contributed by atoms with Crippen LogP contribution in [0, 0.1) is 6.92 Å². The number of sulfonamides is 1. The maximum absolute atomic E-state index is 11.4. The first kappa shape index (κ1) is 19.5. The molecule has 0 spiro atoms. The van der Waals surface area contributed by atoms with E-state index >= 15 is 0 Å². The molecule has 0 bridgehead atoms. The molecule has 1 heterocycles. The normalized spacial score (nSPS) is 11.7. The van der Waals surface area contributed by atoms with Crippen molar-refractivity contribution in [3.63, 3.8) is 0 Å². The number of aromatic nitrogens is 2. The molecule has 1 aromatic carbocycles. The van der Waals surface area contributed by atoms with E-state index in [1.807, 2.05) is 12.1 Å². The van der Waals surface area contributed by atoms with Crippen LogP contribution in [0.2, 0.25) is 0 Å². The minimum Gasteiger partial charge on any atom is -0.383 e. The summed E-state index contributed by atoms with van der Waals surface area (Å²) in [5.74, 6) is 1.72. The number of benzene rings is 1. The van der Waals surface area contributed by atoms with E-state index in [0.29, 0.717) is 29.9 Å². The Morgan fingerprint density at radius 2 is 2.00 bits per heavy atom. The fourth-order valence-electron chi connectivity index (χ4n) is 2.02. The Morgan fingerprint density at radius 1 is 1.28 bits per heavy atom. The number of nitrogens with zero attached hydrogens (tertiary/aromatic N) is 3. The molecule has 3 N–H and O–H groups in total. The van der Waals surface area contributed by atoms with Gasteiger partial charge in [-0.2, -0.15) is 0 Å². The first-order chi connectivity index (χ1) is 11.8. The maximum atomic E-state index is 11.4. The summed E-state index contributed by atoms with van der Waals surface area (Å²) in [6, 6.07) is 9.80. The van der Waals surface area contributed by atoms with Crippen molar-refractivity contribution in [2.45, 2.75) is 17.8 Å². The molecule has 7 nitrogen and oxygen atoms in total. The fourth-order valence-corrected chi connectivity index (χ4v) is 3.38. The van der Waals surface area contributed by atoms with Gasteiger partial charge in [-0.25, -0.2) is 22.7 Å². The molecular weight excluding hydrogens is 358 g/mol. The van der Waals surface area contributed by atoms with Gasteiger partial charge in [0.25, 0.3) is 0 Å². The first-order valence-corrected chi connectivity index (χ1v) is 10.6. The van der Waals surface area contributed by atoms with Gasteiger partial charge in [0.1, 0.15) is 11.6 Å². The highest BCUT2D eigenvalue weighted by atomic mass is 32.2. The molecule has 1 aromatic heterocycles. The molecule has 0 saturated carbocycles. The summed E-state index contributed by atoms with van der Waals surface area (Å²) in [4.78, 5) is 8.67. The zero-order valence-corrected chi connectivity index (χ0v) is 16.2. The zero-order chi connectivity index (χ0) is 18.4. The van der Waals surface area contributed by atoms with Crippen molar-refractivity contribution in [2.24, 2.45) is 0 Å². The topological polar surface area (TPSA) is 101 Å². The van der Waals surface area contributed by atoms with Crippen molar-refractivity contribution in [1.82, 2.24) is 14.3 Å². The minimum atomic E-state index is -3.19. The molecule has 0 radical (unpaired) electrons. The van der Waals surface area contributed by atoms with Crippen molar-refractivity contribution in [3.05, 3.63) is 41.5 Å². The Bertz CT molecular complexity index is 827. The average molecular weight is 382 g/mol. The van der Waals surface area contributed by atoms with E-state index in [4.69, 9.17) is 5.73 Å². The zero-order valence-electron chi connectivity index (χ0n) is 14.6. The minimum absolute atomic E-state index is 0.342. The summed E-state index contributed by atoms with van der Waals surface area (Å²) in [6.07, 6.45) is 1.18. The lowest BCUT2D eigenvalue weighted by molar-refractivity contribution is 0.486. The van der Waals surface area contributed by atoms with Crippen LogP contribution in [-0.2, 0) is 15.8 Å². The molecule has 0 saturated heterocycles. The van der Waals surface area contributed by atoms with Crippen LogP contribution in [0.4, 0.5) is 11.6 Å². The van der Waals surface area contributed by atoms with E-state index < -0.39 is 10.0 Å². The van der Waals surface area contributed by atoms with Gasteiger partial charge in [-0.15, -0.1) is 0 Å². The molecular formula is C16H23N5O2S2. The van der Waals surface area contributed by atoms with Gasteiger partial charge in [0.05, 0.1) is 6.26 Å². The Morgan fingerprint density at radius 3 is 2.68 bits per heavy atom. The quantitative estimate of drug-likeness (QED) is 0.532. The van der Waals surface area contributed by atoms with E-state index in [1.54, 1.807) is 6.07 Å². The maximum Gasteiger partial charge on any atom is 0.211 e. The van der Waals surface area contributed by atoms with E-state index in [0.717, 1.165) is 5.75 Å². The lowest BCUT2D eigenvalue weighted by Crippen LogP contribution is -2.30. The van der Waals surface area contributed by atoms with Gasteiger partial charge in [0, 0.05) is 32.0 Å². The number of nitrogen functional groups attached to an aromatic ring is 1. The molecule has 9 heteroatoms. The predicted molar refractivity (Wildman–Crippen MR) is 103 cm³/mol. The number of likely N-dealkylation sites (N-methyl/N-ethyl adjacent to an activating group) is 1. The third kappa shape index (κ3) is 6.18. The van der Waals surface area contributed by atoms with Crippen LogP contribution in [0.1, 0.15) is 11.1 Å². The lowest BCUT2D eigenvalue weighted by atomic mass is 10.1. The Hall–Kier alpha value is -1.84. The molecule has 2 aromatic rings. The number of hydrogen-bond donors (Lipinski definition) is 2. The second-order valence-electron chi connectivity index (χ2n) is 5.69. The number of hydrogen-bond acceptors (Lipinski definition) is 7. The molecule has 0 aliphatic rings. The van der Waals surface area contributed by atoms with Gasteiger partial charge in [-0.1, -0.05) is 36.0 Å². The van der Waals surface area contributed by atoms with Crippen LogP contribution in [0.25, 0.3) is 0 Å². The van der Waals surface area contributed by atoms with Gasteiger partial charge in [-0.05, 0) is 18.1 Å². The van der Waals surface area contributed by atoms with Crippen LogP contribution >= 0.6 is 11.8 Å². The number of aryl methyl sites for hydroxylation is 1. The third-order valence-electron chi connectivity index (χ3n) is 3.64. The van der Waals surface area contributed by atoms with Crippen LogP contribution < -0.4 is 11.1 Å². The number of nitrogens with two attached hydrogens (primary N) is 1. The van der Waals surface area contributed by atoms with Gasteiger partial charge in [0.15, 0.2) is 5.16 Å². The van der Waals surface area contributed by atoms with Gasteiger partial charge in [-0.3, -0.25) is 0 Å². The van der Waals surface area contributed by atoms with E-state index in [2.05, 4.69) is 34.3 Å². The van der Waals surface area contributed by atoms with Crippen molar-refractivity contribution in [1.29, 1.82) is 0 Å². The standard InChI is InChI=1S/C16H23N5O2S2/c1-12-6-4-5-7-13(12)11-24-16-19-14(17)10-15(20-16)18-8-9-21(2)25(3,22)23/h4-7,10H,8-9,11H2,1-3H3,(H3,17,18,19,20). The van der Waals surface area contributed by atoms with Crippen molar-refractivity contribution in [3.8, 4) is 0 Å². The fraction of sp³-hybridized carbons (Fsp3) is 0.375. The van der Waals surface area contributed by atoms with Crippen LogP contribution in [-0.4, -0.2) is 49.1 Å². The van der Waals surface area contributed by atoms with E-state index in [-0.39, 0.29) is 0 Å². The van der Waals surface area contributed by atoms with Crippen LogP contribution in [0.15, 0.2) is 35.5 Å². The van der Waals surface area contributed by atoms with Crippen molar-refractivity contribution in [2.75, 3.05) is 37.4 Å². The summed E-state index contributed by atoms with van der Waals surface area (Å²) < 4.78 is 24.0. The molecule has 0 aliphatic heterocycles. The van der Waals surface area contributed by atoms with Gasteiger partial charge < -0.3 is 11.1 Å². The SMILES string of the molecule is Cc1ccccc1CSc1nc(N)cc(NCCN(C)S(C)(=O)=O)n1. The third-order valence-corrected chi connectivity index (χ3v) is 5.85. The highest BCUT2D eigenvalue weighted by Crippen LogP contribution is 2.23.